The Morgan fingerprint density at radius 3 is 2.43 bits per heavy atom. The number of anilines is 1. The highest BCUT2D eigenvalue weighted by atomic mass is 16.4. The molecule has 0 aliphatic heterocycles. The van der Waals surface area contributed by atoms with Crippen LogP contribution in [-0.2, 0) is 4.79 Å². The summed E-state index contributed by atoms with van der Waals surface area (Å²) in [6.07, 6.45) is 2.70. The maximum Gasteiger partial charge on any atom is 0.319 e. The number of aryl methyl sites for hydroxylation is 1. The van der Waals surface area contributed by atoms with Gasteiger partial charge in [0.25, 0.3) is 0 Å². The fourth-order valence-corrected chi connectivity index (χ4v) is 2.72. The highest BCUT2D eigenvalue weighted by Gasteiger charge is 2.26. The molecule has 0 heterocycles. The van der Waals surface area contributed by atoms with Crippen LogP contribution in [0.5, 0.6) is 0 Å². The molecule has 1 aliphatic carbocycles. The Bertz CT molecular complexity index is 534. The van der Waals surface area contributed by atoms with Crippen molar-refractivity contribution >= 4 is 17.7 Å². The molecule has 0 unspecified atom stereocenters. The number of aliphatic carboxylic acids is 1. The van der Waals surface area contributed by atoms with Gasteiger partial charge in [0.2, 0.25) is 0 Å². The number of hydrogen-bond donors (Lipinski definition) is 3. The van der Waals surface area contributed by atoms with E-state index in [0.717, 1.165) is 29.7 Å². The predicted octanol–water partition coefficient (Wildman–Crippen LogP) is 3.07. The minimum Gasteiger partial charge on any atom is -0.481 e. The zero-order valence-electron chi connectivity index (χ0n) is 12.5. The van der Waals surface area contributed by atoms with Crippen LogP contribution in [0.15, 0.2) is 18.2 Å². The van der Waals surface area contributed by atoms with Gasteiger partial charge in [0.15, 0.2) is 0 Å². The molecule has 1 aromatic rings. The quantitative estimate of drug-likeness (QED) is 0.800. The lowest BCUT2D eigenvalue weighted by Crippen LogP contribution is -2.41. The van der Waals surface area contributed by atoms with Crippen LogP contribution in [-0.4, -0.2) is 23.1 Å². The first kappa shape index (κ1) is 15.4. The third-order valence-electron chi connectivity index (χ3n) is 4.26. The smallest absolute Gasteiger partial charge is 0.319 e. The van der Waals surface area contributed by atoms with E-state index in [2.05, 4.69) is 10.6 Å². The van der Waals surface area contributed by atoms with Gasteiger partial charge in [-0.15, -0.1) is 0 Å². The molecule has 1 fully saturated rings. The lowest BCUT2D eigenvalue weighted by atomic mass is 9.86. The van der Waals surface area contributed by atoms with Gasteiger partial charge in [-0.1, -0.05) is 12.1 Å². The van der Waals surface area contributed by atoms with Crippen LogP contribution in [0.3, 0.4) is 0 Å². The summed E-state index contributed by atoms with van der Waals surface area (Å²) in [7, 11) is 0. The van der Waals surface area contributed by atoms with Gasteiger partial charge in [-0.3, -0.25) is 4.79 Å². The molecule has 0 bridgehead atoms. The molecule has 0 saturated heterocycles. The number of rotatable bonds is 3. The summed E-state index contributed by atoms with van der Waals surface area (Å²) in [6.45, 7) is 3.98. The summed E-state index contributed by atoms with van der Waals surface area (Å²) >= 11 is 0. The zero-order chi connectivity index (χ0) is 15.4. The first-order valence-corrected chi connectivity index (χ1v) is 7.34. The third-order valence-corrected chi connectivity index (χ3v) is 4.26. The molecular formula is C16H22N2O3. The number of hydrogen-bond acceptors (Lipinski definition) is 2. The lowest BCUT2D eigenvalue weighted by molar-refractivity contribution is -0.142. The van der Waals surface area contributed by atoms with Crippen molar-refractivity contribution in [1.29, 1.82) is 0 Å². The number of urea groups is 1. The highest BCUT2D eigenvalue weighted by Crippen LogP contribution is 2.24. The van der Waals surface area contributed by atoms with Gasteiger partial charge in [0, 0.05) is 11.7 Å². The van der Waals surface area contributed by atoms with Crippen LogP contribution in [0.1, 0.15) is 36.8 Å². The van der Waals surface area contributed by atoms with Crippen molar-refractivity contribution < 1.29 is 14.7 Å². The molecule has 1 aliphatic rings. The van der Waals surface area contributed by atoms with E-state index in [1.54, 1.807) is 0 Å². The van der Waals surface area contributed by atoms with E-state index in [1.165, 1.54) is 0 Å². The van der Waals surface area contributed by atoms with Crippen molar-refractivity contribution in [2.75, 3.05) is 5.32 Å². The van der Waals surface area contributed by atoms with Crippen molar-refractivity contribution in [2.24, 2.45) is 5.92 Å². The average Bonchev–Trinajstić information content (AvgIpc) is 2.44. The molecule has 0 aromatic heterocycles. The summed E-state index contributed by atoms with van der Waals surface area (Å²) in [5.41, 5.74) is 3.00. The molecule has 2 amide bonds. The number of amides is 2. The number of carbonyl (C=O) groups excluding carboxylic acids is 1. The fourth-order valence-electron chi connectivity index (χ4n) is 2.72. The van der Waals surface area contributed by atoms with Crippen LogP contribution in [0.2, 0.25) is 0 Å². The van der Waals surface area contributed by atoms with Gasteiger partial charge in [-0.25, -0.2) is 4.79 Å². The van der Waals surface area contributed by atoms with Crippen LogP contribution >= 0.6 is 0 Å². The summed E-state index contributed by atoms with van der Waals surface area (Å²) in [5.74, 6) is -0.988. The van der Waals surface area contributed by atoms with Crippen molar-refractivity contribution in [1.82, 2.24) is 5.32 Å². The largest absolute Gasteiger partial charge is 0.481 e. The van der Waals surface area contributed by atoms with E-state index in [1.807, 2.05) is 32.0 Å². The van der Waals surface area contributed by atoms with Crippen LogP contribution in [0, 0.1) is 19.8 Å². The van der Waals surface area contributed by atoms with Crippen LogP contribution < -0.4 is 10.6 Å². The van der Waals surface area contributed by atoms with Gasteiger partial charge >= 0.3 is 12.0 Å². The van der Waals surface area contributed by atoms with E-state index in [0.29, 0.717) is 12.8 Å². The van der Waals surface area contributed by atoms with E-state index >= 15 is 0 Å². The Morgan fingerprint density at radius 1 is 1.14 bits per heavy atom. The Kier molecular flexibility index (Phi) is 4.83. The summed E-state index contributed by atoms with van der Waals surface area (Å²) in [6, 6.07) is 5.64. The number of nitrogens with one attached hydrogen (secondary N) is 2. The van der Waals surface area contributed by atoms with Gasteiger partial charge in [0.1, 0.15) is 0 Å². The molecule has 1 saturated carbocycles. The molecule has 3 N–H and O–H groups in total. The molecule has 0 radical (unpaired) electrons. The normalized spacial score (nSPS) is 21.6. The standard InChI is InChI=1S/C16H22N2O3/c1-10-4-3-5-14(11(10)2)18-16(21)17-13-8-6-12(7-9-13)15(19)20/h3-5,12-13H,6-9H2,1-2H3,(H,19,20)(H2,17,18,21). The fraction of sp³-hybridized carbons (Fsp3) is 0.500. The third kappa shape index (κ3) is 3.97. The maximum atomic E-state index is 12.0. The van der Waals surface area contributed by atoms with E-state index in [9.17, 15) is 9.59 Å². The first-order valence-electron chi connectivity index (χ1n) is 7.34. The second-order valence-electron chi connectivity index (χ2n) is 5.73. The second-order valence-corrected chi connectivity index (χ2v) is 5.73. The molecule has 5 nitrogen and oxygen atoms in total. The number of benzene rings is 1. The topological polar surface area (TPSA) is 78.4 Å². The Labute approximate surface area is 124 Å². The zero-order valence-corrected chi connectivity index (χ0v) is 12.5. The SMILES string of the molecule is Cc1cccc(NC(=O)NC2CCC(C(=O)O)CC2)c1C. The van der Waals surface area contributed by atoms with Crippen LogP contribution in [0.25, 0.3) is 0 Å². The van der Waals surface area contributed by atoms with Gasteiger partial charge in [0.05, 0.1) is 5.92 Å². The van der Waals surface area contributed by atoms with Gasteiger partial charge < -0.3 is 15.7 Å². The number of carboxylic acid groups (broad SMARTS) is 1. The number of carboxylic acids is 1. The first-order chi connectivity index (χ1) is 9.97. The number of carbonyl (C=O) groups is 2. The highest BCUT2D eigenvalue weighted by molar-refractivity contribution is 5.90. The monoisotopic (exact) mass is 290 g/mol. The van der Waals surface area contributed by atoms with Crippen molar-refractivity contribution in [3.05, 3.63) is 29.3 Å². The minimum atomic E-state index is -0.728. The molecule has 5 heteroatoms. The average molecular weight is 290 g/mol. The molecule has 1 aromatic carbocycles. The molecule has 2 rings (SSSR count). The molecular weight excluding hydrogens is 268 g/mol. The Hall–Kier alpha value is -2.04. The van der Waals surface area contributed by atoms with Crippen LogP contribution in [0.4, 0.5) is 10.5 Å². The Morgan fingerprint density at radius 2 is 1.81 bits per heavy atom. The second kappa shape index (κ2) is 6.61. The Balaban J connectivity index is 1.86. The summed E-state index contributed by atoms with van der Waals surface area (Å²) in [4.78, 5) is 22.9. The van der Waals surface area contributed by atoms with E-state index in [4.69, 9.17) is 5.11 Å². The molecule has 0 atom stereocenters. The van der Waals surface area contributed by atoms with E-state index in [-0.39, 0.29) is 18.0 Å². The van der Waals surface area contributed by atoms with E-state index < -0.39 is 5.97 Å². The molecule has 0 spiro atoms. The summed E-state index contributed by atoms with van der Waals surface area (Å²) < 4.78 is 0. The lowest BCUT2D eigenvalue weighted by Gasteiger charge is -2.27. The molecule has 21 heavy (non-hydrogen) atoms. The van der Waals surface area contributed by atoms with Crippen molar-refractivity contribution in [3.8, 4) is 0 Å². The summed E-state index contributed by atoms with van der Waals surface area (Å²) in [5, 5.41) is 14.8. The molecule has 114 valence electrons. The van der Waals surface area contributed by atoms with Gasteiger partial charge in [-0.05, 0) is 56.7 Å². The maximum absolute atomic E-state index is 12.0. The van der Waals surface area contributed by atoms with Crippen molar-refractivity contribution in [3.63, 3.8) is 0 Å². The predicted molar refractivity (Wildman–Crippen MR) is 81.5 cm³/mol. The van der Waals surface area contributed by atoms with Crippen molar-refractivity contribution in [2.45, 2.75) is 45.6 Å². The van der Waals surface area contributed by atoms with Gasteiger partial charge in [-0.2, -0.15) is 0 Å². The minimum absolute atomic E-state index is 0.0608.